The van der Waals surface area contributed by atoms with Crippen molar-refractivity contribution in [1.29, 1.82) is 0 Å². The van der Waals surface area contributed by atoms with Crippen LogP contribution >= 0.6 is 27.5 Å². The number of rotatable bonds is 2. The van der Waals surface area contributed by atoms with E-state index in [9.17, 15) is 13.6 Å². The minimum atomic E-state index is -0.685. The molecule has 0 saturated carbocycles. The molecular weight excluding hydrogens is 325 g/mol. The van der Waals surface area contributed by atoms with Crippen molar-refractivity contribution in [2.24, 2.45) is 0 Å². The molecule has 0 fully saturated rings. The van der Waals surface area contributed by atoms with Crippen molar-refractivity contribution in [1.82, 2.24) is 0 Å². The van der Waals surface area contributed by atoms with Crippen LogP contribution in [0.5, 0.6) is 0 Å². The molecule has 0 spiro atoms. The van der Waals surface area contributed by atoms with Crippen LogP contribution in [0.15, 0.2) is 40.9 Å². The zero-order valence-corrected chi connectivity index (χ0v) is 11.2. The molecule has 0 aliphatic carbocycles. The highest BCUT2D eigenvalue weighted by Gasteiger charge is 2.20. The topological polar surface area (TPSA) is 17.1 Å². The lowest BCUT2D eigenvalue weighted by Crippen LogP contribution is -2.06. The maximum absolute atomic E-state index is 13.6. The average molecular weight is 332 g/mol. The fraction of sp³-hybridized carbons (Fsp3) is 0. The number of hydrogen-bond donors (Lipinski definition) is 0. The van der Waals surface area contributed by atoms with Crippen molar-refractivity contribution < 1.29 is 13.6 Å². The van der Waals surface area contributed by atoms with Crippen molar-refractivity contribution in [3.05, 3.63) is 68.7 Å². The molecule has 0 bridgehead atoms. The molecule has 0 N–H and O–H groups in total. The van der Waals surface area contributed by atoms with Gasteiger partial charge in [0.1, 0.15) is 11.6 Å². The Morgan fingerprint density at radius 1 is 1.17 bits per heavy atom. The van der Waals surface area contributed by atoms with Gasteiger partial charge in [-0.3, -0.25) is 4.79 Å². The zero-order chi connectivity index (χ0) is 13.3. The molecular formula is C13H6BrClF2O. The van der Waals surface area contributed by atoms with Gasteiger partial charge in [-0.1, -0.05) is 17.7 Å². The molecule has 2 aromatic carbocycles. The Morgan fingerprint density at radius 3 is 2.56 bits per heavy atom. The van der Waals surface area contributed by atoms with Crippen LogP contribution in [0.25, 0.3) is 0 Å². The zero-order valence-electron chi connectivity index (χ0n) is 8.88. The first-order valence-corrected chi connectivity index (χ1v) is 6.11. The largest absolute Gasteiger partial charge is 0.288 e. The first-order chi connectivity index (χ1) is 8.50. The molecule has 0 atom stereocenters. The lowest BCUT2D eigenvalue weighted by molar-refractivity contribution is 0.103. The quantitative estimate of drug-likeness (QED) is 0.734. The Bertz CT molecular complexity index is 608. The minimum absolute atomic E-state index is 0.0672. The highest BCUT2D eigenvalue weighted by atomic mass is 79.9. The summed E-state index contributed by atoms with van der Waals surface area (Å²) in [5, 5.41) is 0.0801. The van der Waals surface area contributed by atoms with Crippen LogP contribution in [0.3, 0.4) is 0 Å². The molecule has 18 heavy (non-hydrogen) atoms. The summed E-state index contributed by atoms with van der Waals surface area (Å²) in [5.74, 6) is -1.95. The monoisotopic (exact) mass is 330 g/mol. The van der Waals surface area contributed by atoms with Gasteiger partial charge in [0.15, 0.2) is 5.78 Å². The van der Waals surface area contributed by atoms with E-state index in [2.05, 4.69) is 15.9 Å². The molecule has 0 unspecified atom stereocenters. The molecule has 1 nitrogen and oxygen atoms in total. The highest BCUT2D eigenvalue weighted by Crippen LogP contribution is 2.26. The first-order valence-electron chi connectivity index (χ1n) is 4.94. The third kappa shape index (κ3) is 2.44. The van der Waals surface area contributed by atoms with Gasteiger partial charge >= 0.3 is 0 Å². The van der Waals surface area contributed by atoms with Gasteiger partial charge in [-0.25, -0.2) is 8.78 Å². The molecule has 0 heterocycles. The van der Waals surface area contributed by atoms with Gasteiger partial charge in [-0.2, -0.15) is 0 Å². The predicted octanol–water partition coefficient (Wildman–Crippen LogP) is 4.61. The van der Waals surface area contributed by atoms with E-state index in [0.29, 0.717) is 4.47 Å². The van der Waals surface area contributed by atoms with Crippen LogP contribution < -0.4 is 0 Å². The third-order valence-corrected chi connectivity index (χ3v) is 3.35. The maximum atomic E-state index is 13.6. The van der Waals surface area contributed by atoms with Gasteiger partial charge in [-0.05, 0) is 46.3 Å². The van der Waals surface area contributed by atoms with E-state index >= 15 is 0 Å². The van der Waals surface area contributed by atoms with E-state index in [1.165, 1.54) is 18.2 Å². The van der Waals surface area contributed by atoms with Gasteiger partial charge < -0.3 is 0 Å². The Labute approximate surface area is 116 Å². The van der Waals surface area contributed by atoms with Gasteiger partial charge in [0.05, 0.1) is 10.6 Å². The van der Waals surface area contributed by atoms with E-state index in [0.717, 1.165) is 18.2 Å². The van der Waals surface area contributed by atoms with Gasteiger partial charge in [0.2, 0.25) is 0 Å². The lowest BCUT2D eigenvalue weighted by Gasteiger charge is -2.07. The standard InChI is InChI=1S/C13H6BrClF2O/c14-9-2-1-3-11(17)12(9)13(18)8-6-7(16)4-5-10(8)15/h1-6H. The molecule has 0 saturated heterocycles. The molecule has 2 rings (SSSR count). The third-order valence-electron chi connectivity index (χ3n) is 2.36. The van der Waals surface area contributed by atoms with Crippen LogP contribution in [0.4, 0.5) is 8.78 Å². The Hall–Kier alpha value is -1.26. The molecule has 2 aromatic rings. The van der Waals surface area contributed by atoms with Crippen LogP contribution in [-0.4, -0.2) is 5.78 Å². The SMILES string of the molecule is O=C(c1cc(F)ccc1Cl)c1c(F)cccc1Br. The van der Waals surface area contributed by atoms with Crippen LogP contribution in [-0.2, 0) is 0 Å². The molecule has 0 amide bonds. The predicted molar refractivity (Wildman–Crippen MR) is 68.9 cm³/mol. The summed E-state index contributed by atoms with van der Waals surface area (Å²) in [6.45, 7) is 0. The molecule has 0 radical (unpaired) electrons. The number of benzene rings is 2. The van der Waals surface area contributed by atoms with Crippen LogP contribution in [0.1, 0.15) is 15.9 Å². The highest BCUT2D eigenvalue weighted by molar-refractivity contribution is 9.10. The number of ketones is 1. The smallest absolute Gasteiger partial charge is 0.198 e. The molecule has 92 valence electrons. The summed E-state index contributed by atoms with van der Waals surface area (Å²) in [6.07, 6.45) is 0. The number of carbonyl (C=O) groups is 1. The lowest BCUT2D eigenvalue weighted by atomic mass is 10.0. The maximum Gasteiger partial charge on any atom is 0.198 e. The van der Waals surface area contributed by atoms with Gasteiger partial charge in [-0.15, -0.1) is 0 Å². The molecule has 0 aliphatic rings. The summed E-state index contributed by atoms with van der Waals surface area (Å²) in [7, 11) is 0. The van der Waals surface area contributed by atoms with Crippen LogP contribution in [0, 0.1) is 11.6 Å². The van der Waals surface area contributed by atoms with Crippen molar-refractivity contribution >= 4 is 33.3 Å². The number of hydrogen-bond acceptors (Lipinski definition) is 1. The second kappa shape index (κ2) is 5.16. The fourth-order valence-corrected chi connectivity index (χ4v) is 2.25. The number of halogens is 4. The minimum Gasteiger partial charge on any atom is -0.288 e. The number of carbonyl (C=O) groups excluding carboxylic acids is 1. The van der Waals surface area contributed by atoms with E-state index in [1.54, 1.807) is 0 Å². The van der Waals surface area contributed by atoms with E-state index < -0.39 is 17.4 Å². The summed E-state index contributed by atoms with van der Waals surface area (Å²) in [5.41, 5.74) is -0.229. The summed E-state index contributed by atoms with van der Waals surface area (Å²) < 4.78 is 27.0. The Morgan fingerprint density at radius 2 is 1.89 bits per heavy atom. The summed E-state index contributed by atoms with van der Waals surface area (Å²) in [4.78, 5) is 12.1. The average Bonchev–Trinajstić information content (AvgIpc) is 2.32. The molecule has 5 heteroatoms. The van der Waals surface area contributed by atoms with Crippen LogP contribution in [0.2, 0.25) is 5.02 Å². The van der Waals surface area contributed by atoms with E-state index in [-0.39, 0.29) is 16.1 Å². The second-order valence-electron chi connectivity index (χ2n) is 3.55. The first kappa shape index (κ1) is 13.2. The Balaban J connectivity index is 2.58. The summed E-state index contributed by atoms with van der Waals surface area (Å²) >= 11 is 8.91. The summed E-state index contributed by atoms with van der Waals surface area (Å²) in [6, 6.07) is 7.54. The van der Waals surface area contributed by atoms with Crippen molar-refractivity contribution in [3.8, 4) is 0 Å². The molecule has 0 aromatic heterocycles. The van der Waals surface area contributed by atoms with Gasteiger partial charge in [0.25, 0.3) is 0 Å². The van der Waals surface area contributed by atoms with E-state index in [4.69, 9.17) is 11.6 Å². The second-order valence-corrected chi connectivity index (χ2v) is 4.81. The fourth-order valence-electron chi connectivity index (χ4n) is 1.52. The Kier molecular flexibility index (Phi) is 3.78. The van der Waals surface area contributed by atoms with Crippen molar-refractivity contribution in [2.75, 3.05) is 0 Å². The van der Waals surface area contributed by atoms with Crippen molar-refractivity contribution in [3.63, 3.8) is 0 Å². The van der Waals surface area contributed by atoms with Gasteiger partial charge in [0, 0.05) is 10.0 Å². The molecule has 0 aliphatic heterocycles. The normalized spacial score (nSPS) is 10.4. The van der Waals surface area contributed by atoms with Crippen molar-refractivity contribution in [2.45, 2.75) is 0 Å². The van der Waals surface area contributed by atoms with E-state index in [1.807, 2.05) is 0 Å².